The van der Waals surface area contributed by atoms with E-state index in [2.05, 4.69) is 39.6 Å². The van der Waals surface area contributed by atoms with Crippen LogP contribution in [0.4, 0.5) is 5.69 Å². The van der Waals surface area contributed by atoms with Crippen molar-refractivity contribution in [1.82, 2.24) is 19.5 Å². The molecule has 2 aromatic heterocycles. The summed E-state index contributed by atoms with van der Waals surface area (Å²) in [6.07, 6.45) is 6.43. The molecule has 0 atom stereocenters. The Hall–Kier alpha value is -2.76. The van der Waals surface area contributed by atoms with Gasteiger partial charge in [0.2, 0.25) is 0 Å². The van der Waals surface area contributed by atoms with Gasteiger partial charge in [0.1, 0.15) is 11.2 Å². The van der Waals surface area contributed by atoms with Gasteiger partial charge in [0, 0.05) is 44.8 Å². The molecule has 23 heavy (non-hydrogen) atoms. The normalized spacial score (nSPS) is 13.5. The van der Waals surface area contributed by atoms with Crippen LogP contribution in [-0.2, 0) is 13.5 Å². The van der Waals surface area contributed by atoms with Crippen LogP contribution in [0, 0.1) is 0 Å². The highest BCUT2D eigenvalue weighted by Gasteiger charge is 2.19. The van der Waals surface area contributed by atoms with E-state index < -0.39 is 0 Å². The van der Waals surface area contributed by atoms with E-state index in [0.29, 0.717) is 12.1 Å². The molecule has 0 radical (unpaired) electrons. The SMILES string of the molecule is Cn1ccn2ncc(C(=O)NCCN3CCc4ccccc43)c12. The summed E-state index contributed by atoms with van der Waals surface area (Å²) < 4.78 is 3.62. The first-order valence-electron chi connectivity index (χ1n) is 7.84. The van der Waals surface area contributed by atoms with Crippen molar-refractivity contribution in [2.75, 3.05) is 24.5 Å². The quantitative estimate of drug-likeness (QED) is 0.794. The molecule has 1 N–H and O–H groups in total. The van der Waals surface area contributed by atoms with Gasteiger partial charge in [-0.05, 0) is 18.1 Å². The van der Waals surface area contributed by atoms with Gasteiger partial charge in [0.15, 0.2) is 0 Å². The van der Waals surface area contributed by atoms with Gasteiger partial charge in [-0.2, -0.15) is 5.10 Å². The minimum absolute atomic E-state index is 0.0747. The summed E-state index contributed by atoms with van der Waals surface area (Å²) in [7, 11) is 1.91. The predicted molar refractivity (Wildman–Crippen MR) is 88.9 cm³/mol. The summed E-state index contributed by atoms with van der Waals surface area (Å²) in [5, 5.41) is 7.21. The van der Waals surface area contributed by atoms with E-state index in [1.807, 2.05) is 24.0 Å². The molecule has 0 aliphatic carbocycles. The van der Waals surface area contributed by atoms with Crippen LogP contribution >= 0.6 is 0 Å². The molecule has 1 aliphatic heterocycles. The maximum Gasteiger partial charge on any atom is 0.256 e. The van der Waals surface area contributed by atoms with Crippen LogP contribution in [0.15, 0.2) is 42.9 Å². The highest BCUT2D eigenvalue weighted by atomic mass is 16.1. The molecule has 6 nitrogen and oxygen atoms in total. The Morgan fingerprint density at radius 1 is 1.30 bits per heavy atom. The second-order valence-electron chi connectivity index (χ2n) is 5.86. The lowest BCUT2D eigenvalue weighted by Crippen LogP contribution is -2.34. The number of amides is 1. The van der Waals surface area contributed by atoms with E-state index in [1.165, 1.54) is 11.3 Å². The van der Waals surface area contributed by atoms with Gasteiger partial charge in [-0.25, -0.2) is 4.52 Å². The molecule has 0 saturated carbocycles. The fraction of sp³-hybridized carbons (Fsp3) is 0.294. The first kappa shape index (κ1) is 13.9. The number of carbonyl (C=O) groups excluding carboxylic acids is 1. The molecule has 0 bridgehead atoms. The number of aryl methyl sites for hydroxylation is 1. The maximum absolute atomic E-state index is 12.4. The number of imidazole rings is 1. The predicted octanol–water partition coefficient (Wildman–Crippen LogP) is 1.47. The number of para-hydroxylation sites is 1. The molecule has 0 fully saturated rings. The molecule has 4 rings (SSSR count). The summed E-state index contributed by atoms with van der Waals surface area (Å²) in [5.74, 6) is -0.0747. The number of benzene rings is 1. The minimum atomic E-state index is -0.0747. The second kappa shape index (κ2) is 5.46. The van der Waals surface area contributed by atoms with Crippen LogP contribution < -0.4 is 10.2 Å². The Morgan fingerprint density at radius 2 is 2.17 bits per heavy atom. The van der Waals surface area contributed by atoms with Crippen molar-refractivity contribution in [3.8, 4) is 0 Å². The third-order valence-corrected chi connectivity index (χ3v) is 4.43. The highest BCUT2D eigenvalue weighted by molar-refractivity contribution is 5.99. The molecule has 1 amide bonds. The number of anilines is 1. The number of carbonyl (C=O) groups is 1. The van der Waals surface area contributed by atoms with Crippen LogP contribution in [-0.4, -0.2) is 39.7 Å². The lowest BCUT2D eigenvalue weighted by atomic mass is 10.2. The first-order valence-corrected chi connectivity index (χ1v) is 7.84. The van der Waals surface area contributed by atoms with Crippen molar-refractivity contribution in [3.05, 3.63) is 54.0 Å². The van der Waals surface area contributed by atoms with Gasteiger partial charge in [-0.15, -0.1) is 0 Å². The highest BCUT2D eigenvalue weighted by Crippen LogP contribution is 2.26. The smallest absolute Gasteiger partial charge is 0.256 e. The van der Waals surface area contributed by atoms with Gasteiger partial charge in [0.05, 0.1) is 6.20 Å². The van der Waals surface area contributed by atoms with Crippen LogP contribution in [0.5, 0.6) is 0 Å². The molecule has 6 heteroatoms. The fourth-order valence-corrected chi connectivity index (χ4v) is 3.25. The van der Waals surface area contributed by atoms with Crippen molar-refractivity contribution in [2.24, 2.45) is 7.05 Å². The van der Waals surface area contributed by atoms with Crippen molar-refractivity contribution in [2.45, 2.75) is 6.42 Å². The van der Waals surface area contributed by atoms with E-state index in [9.17, 15) is 4.79 Å². The van der Waals surface area contributed by atoms with Crippen molar-refractivity contribution >= 4 is 17.2 Å². The van der Waals surface area contributed by atoms with E-state index in [4.69, 9.17) is 0 Å². The van der Waals surface area contributed by atoms with Gasteiger partial charge in [-0.1, -0.05) is 18.2 Å². The number of rotatable bonds is 4. The number of fused-ring (bicyclic) bond motifs is 2. The Bertz CT molecular complexity index is 863. The van der Waals surface area contributed by atoms with Crippen LogP contribution in [0.2, 0.25) is 0 Å². The van der Waals surface area contributed by atoms with Crippen molar-refractivity contribution in [3.63, 3.8) is 0 Å². The van der Waals surface area contributed by atoms with E-state index in [0.717, 1.165) is 25.2 Å². The standard InChI is InChI=1S/C17H19N5O/c1-20-10-11-22-17(20)14(12-19-22)16(23)18-7-9-21-8-6-13-4-2-3-5-15(13)21/h2-5,10-12H,6-9H2,1H3,(H,18,23). The van der Waals surface area contributed by atoms with Crippen LogP contribution in [0.3, 0.4) is 0 Å². The van der Waals surface area contributed by atoms with E-state index in [1.54, 1.807) is 10.7 Å². The number of hydrogen-bond donors (Lipinski definition) is 1. The molecule has 0 unspecified atom stereocenters. The third-order valence-electron chi connectivity index (χ3n) is 4.43. The topological polar surface area (TPSA) is 54.6 Å². The van der Waals surface area contributed by atoms with E-state index in [-0.39, 0.29) is 5.91 Å². The minimum Gasteiger partial charge on any atom is -0.369 e. The van der Waals surface area contributed by atoms with Crippen LogP contribution in [0.25, 0.3) is 5.65 Å². The summed E-state index contributed by atoms with van der Waals surface area (Å²) >= 11 is 0. The molecule has 1 aromatic carbocycles. The van der Waals surface area contributed by atoms with Crippen molar-refractivity contribution in [1.29, 1.82) is 0 Å². The zero-order valence-corrected chi connectivity index (χ0v) is 13.1. The zero-order chi connectivity index (χ0) is 15.8. The van der Waals surface area contributed by atoms with Gasteiger partial charge >= 0.3 is 0 Å². The molecule has 118 valence electrons. The third kappa shape index (κ3) is 2.36. The number of aromatic nitrogens is 3. The molecule has 3 heterocycles. The summed E-state index contributed by atoms with van der Waals surface area (Å²) in [4.78, 5) is 14.7. The molecular weight excluding hydrogens is 290 g/mol. The fourth-order valence-electron chi connectivity index (χ4n) is 3.25. The number of nitrogens with one attached hydrogen (secondary N) is 1. The van der Waals surface area contributed by atoms with Gasteiger partial charge in [0.25, 0.3) is 5.91 Å². The zero-order valence-electron chi connectivity index (χ0n) is 13.1. The number of hydrogen-bond acceptors (Lipinski definition) is 3. The summed E-state index contributed by atoms with van der Waals surface area (Å²) in [6.45, 7) is 2.46. The summed E-state index contributed by atoms with van der Waals surface area (Å²) in [6, 6.07) is 8.46. The van der Waals surface area contributed by atoms with Gasteiger partial charge < -0.3 is 14.8 Å². The maximum atomic E-state index is 12.4. The second-order valence-corrected chi connectivity index (χ2v) is 5.86. The monoisotopic (exact) mass is 309 g/mol. The van der Waals surface area contributed by atoms with Crippen LogP contribution in [0.1, 0.15) is 15.9 Å². The lowest BCUT2D eigenvalue weighted by molar-refractivity contribution is 0.0956. The average molecular weight is 309 g/mol. The molecule has 0 spiro atoms. The Morgan fingerprint density at radius 3 is 3.09 bits per heavy atom. The number of nitrogens with zero attached hydrogens (tertiary/aromatic N) is 4. The van der Waals surface area contributed by atoms with Gasteiger partial charge in [-0.3, -0.25) is 4.79 Å². The molecular formula is C17H19N5O. The largest absolute Gasteiger partial charge is 0.369 e. The Labute approximate surface area is 134 Å². The Kier molecular flexibility index (Phi) is 3.29. The summed E-state index contributed by atoms with van der Waals surface area (Å²) in [5.41, 5.74) is 4.10. The Balaban J connectivity index is 1.40. The first-order chi connectivity index (χ1) is 11.2. The lowest BCUT2D eigenvalue weighted by Gasteiger charge is -2.19. The van der Waals surface area contributed by atoms with Crippen molar-refractivity contribution < 1.29 is 4.79 Å². The molecule has 0 saturated heterocycles. The molecule has 3 aromatic rings. The average Bonchev–Trinajstić information content (AvgIpc) is 3.24. The molecule has 1 aliphatic rings. The van der Waals surface area contributed by atoms with E-state index >= 15 is 0 Å².